The quantitative estimate of drug-likeness (QED) is 0.732. The van der Waals surface area contributed by atoms with Crippen molar-refractivity contribution in [3.8, 4) is 0 Å². The summed E-state index contributed by atoms with van der Waals surface area (Å²) in [4.78, 5) is 4.45. The molecular formula is C15H12FNOS2. The highest BCUT2D eigenvalue weighted by molar-refractivity contribution is 7.83. The van der Waals surface area contributed by atoms with Crippen molar-refractivity contribution < 1.29 is 8.60 Å². The summed E-state index contributed by atoms with van der Waals surface area (Å²) in [5.41, 5.74) is 1.42. The van der Waals surface area contributed by atoms with Crippen molar-refractivity contribution in [3.63, 3.8) is 0 Å². The van der Waals surface area contributed by atoms with Gasteiger partial charge in [0, 0.05) is 16.4 Å². The SMILES string of the molecule is O=[S@@](Cc1nc2ccccc2s1)Cc1ccccc1F. The molecular weight excluding hydrogens is 293 g/mol. The van der Waals surface area contributed by atoms with E-state index < -0.39 is 10.8 Å². The van der Waals surface area contributed by atoms with Crippen molar-refractivity contribution in [1.29, 1.82) is 0 Å². The molecule has 0 bridgehead atoms. The molecule has 0 unspecified atom stereocenters. The Labute approximate surface area is 122 Å². The van der Waals surface area contributed by atoms with Crippen LogP contribution < -0.4 is 0 Å². The normalized spacial score (nSPS) is 12.7. The molecule has 3 aromatic rings. The van der Waals surface area contributed by atoms with E-state index in [0.717, 1.165) is 15.2 Å². The fourth-order valence-corrected chi connectivity index (χ4v) is 4.38. The fraction of sp³-hybridized carbons (Fsp3) is 0.133. The Kier molecular flexibility index (Phi) is 3.89. The highest BCUT2D eigenvalue weighted by atomic mass is 32.2. The number of nitrogens with zero attached hydrogens (tertiary/aromatic N) is 1. The van der Waals surface area contributed by atoms with Gasteiger partial charge in [-0.25, -0.2) is 9.37 Å². The van der Waals surface area contributed by atoms with Gasteiger partial charge in [-0.3, -0.25) is 4.21 Å². The summed E-state index contributed by atoms with van der Waals surface area (Å²) in [7, 11) is -1.15. The minimum Gasteiger partial charge on any atom is -0.259 e. The fourth-order valence-electron chi connectivity index (χ4n) is 1.96. The van der Waals surface area contributed by atoms with E-state index in [1.807, 2.05) is 24.3 Å². The Bertz CT molecular complexity index is 736. The highest BCUT2D eigenvalue weighted by Gasteiger charge is 2.10. The van der Waals surface area contributed by atoms with E-state index in [-0.39, 0.29) is 11.6 Å². The number of halogens is 1. The van der Waals surface area contributed by atoms with E-state index in [1.54, 1.807) is 29.5 Å². The van der Waals surface area contributed by atoms with Gasteiger partial charge >= 0.3 is 0 Å². The minimum absolute atomic E-state index is 0.225. The number of rotatable bonds is 4. The lowest BCUT2D eigenvalue weighted by Crippen LogP contribution is -2.01. The first kappa shape index (κ1) is 13.4. The summed E-state index contributed by atoms with van der Waals surface area (Å²) in [5, 5.41) is 0.834. The Hall–Kier alpha value is -1.59. The average molecular weight is 305 g/mol. The van der Waals surface area contributed by atoms with Crippen LogP contribution in [0.15, 0.2) is 48.5 Å². The third-order valence-electron chi connectivity index (χ3n) is 2.90. The van der Waals surface area contributed by atoms with Crippen LogP contribution in [-0.2, 0) is 22.3 Å². The van der Waals surface area contributed by atoms with Gasteiger partial charge in [0.05, 0.1) is 21.7 Å². The monoisotopic (exact) mass is 305 g/mol. The zero-order valence-corrected chi connectivity index (χ0v) is 12.2. The van der Waals surface area contributed by atoms with Crippen LogP contribution in [-0.4, -0.2) is 9.19 Å². The van der Waals surface area contributed by atoms with E-state index in [4.69, 9.17) is 0 Å². The molecule has 0 amide bonds. The van der Waals surface area contributed by atoms with Crippen LogP contribution in [0.3, 0.4) is 0 Å². The molecule has 0 N–H and O–H groups in total. The second-order valence-electron chi connectivity index (χ2n) is 4.40. The third kappa shape index (κ3) is 2.94. The van der Waals surface area contributed by atoms with Crippen molar-refractivity contribution in [2.45, 2.75) is 11.5 Å². The molecule has 0 saturated carbocycles. The molecule has 0 fully saturated rings. The zero-order valence-electron chi connectivity index (χ0n) is 10.6. The molecule has 102 valence electrons. The Morgan fingerprint density at radius 3 is 2.60 bits per heavy atom. The first-order chi connectivity index (χ1) is 9.72. The van der Waals surface area contributed by atoms with Gasteiger partial charge in [0.15, 0.2) is 0 Å². The summed E-state index contributed by atoms with van der Waals surface area (Å²) in [5.74, 6) is 0.293. The number of hydrogen-bond donors (Lipinski definition) is 0. The summed E-state index contributed by atoms with van der Waals surface area (Å²) in [6.07, 6.45) is 0. The smallest absolute Gasteiger partial charge is 0.127 e. The van der Waals surface area contributed by atoms with Crippen LogP contribution in [0.4, 0.5) is 4.39 Å². The second kappa shape index (κ2) is 5.81. The number of benzene rings is 2. The molecule has 0 spiro atoms. The van der Waals surface area contributed by atoms with Crippen molar-refractivity contribution in [2.24, 2.45) is 0 Å². The van der Waals surface area contributed by atoms with E-state index in [1.165, 1.54) is 6.07 Å². The maximum atomic E-state index is 13.5. The second-order valence-corrected chi connectivity index (χ2v) is 6.97. The number of thiazole rings is 1. The van der Waals surface area contributed by atoms with Gasteiger partial charge in [-0.2, -0.15) is 0 Å². The first-order valence-corrected chi connectivity index (χ1v) is 8.45. The first-order valence-electron chi connectivity index (χ1n) is 6.15. The number of hydrogen-bond acceptors (Lipinski definition) is 3. The molecule has 1 atom stereocenters. The molecule has 0 radical (unpaired) electrons. The molecule has 5 heteroatoms. The average Bonchev–Trinajstić information content (AvgIpc) is 2.83. The Morgan fingerprint density at radius 2 is 1.80 bits per heavy atom. The van der Waals surface area contributed by atoms with Crippen LogP contribution in [0.2, 0.25) is 0 Å². The number of aromatic nitrogens is 1. The predicted molar refractivity (Wildman–Crippen MR) is 81.6 cm³/mol. The van der Waals surface area contributed by atoms with Gasteiger partial charge in [0.25, 0.3) is 0 Å². The molecule has 2 nitrogen and oxygen atoms in total. The highest BCUT2D eigenvalue weighted by Crippen LogP contribution is 2.23. The van der Waals surface area contributed by atoms with Gasteiger partial charge in [-0.15, -0.1) is 11.3 Å². The van der Waals surface area contributed by atoms with Crippen LogP contribution in [0, 0.1) is 5.82 Å². The lowest BCUT2D eigenvalue weighted by molar-refractivity contribution is 0.615. The van der Waals surface area contributed by atoms with Crippen molar-refractivity contribution in [1.82, 2.24) is 4.98 Å². The standard InChI is InChI=1S/C15H12FNOS2/c16-12-6-2-1-5-11(12)9-20(18)10-15-17-13-7-3-4-8-14(13)19-15/h1-8H,9-10H2/t20-/m1/s1. The van der Waals surface area contributed by atoms with Crippen LogP contribution >= 0.6 is 11.3 Å². The summed E-state index contributed by atoms with van der Waals surface area (Å²) in [6, 6.07) is 14.3. The Balaban J connectivity index is 1.74. The minimum atomic E-state index is -1.15. The summed E-state index contributed by atoms with van der Waals surface area (Å²) >= 11 is 1.54. The molecule has 1 heterocycles. The van der Waals surface area contributed by atoms with E-state index >= 15 is 0 Å². The summed E-state index contributed by atoms with van der Waals surface area (Å²) in [6.45, 7) is 0. The topological polar surface area (TPSA) is 30.0 Å². The number of para-hydroxylation sites is 1. The van der Waals surface area contributed by atoms with Crippen molar-refractivity contribution >= 4 is 32.4 Å². The van der Waals surface area contributed by atoms with E-state index in [9.17, 15) is 8.60 Å². The molecule has 0 aliphatic rings. The van der Waals surface area contributed by atoms with Gasteiger partial charge in [-0.05, 0) is 18.2 Å². The maximum absolute atomic E-state index is 13.5. The van der Waals surface area contributed by atoms with Gasteiger partial charge in [0.1, 0.15) is 10.8 Å². The third-order valence-corrected chi connectivity index (χ3v) is 5.34. The molecule has 3 rings (SSSR count). The molecule has 0 aliphatic carbocycles. The summed E-state index contributed by atoms with van der Waals surface area (Å²) < 4.78 is 26.7. The van der Waals surface area contributed by atoms with Gasteiger partial charge < -0.3 is 0 Å². The molecule has 0 aliphatic heterocycles. The maximum Gasteiger partial charge on any atom is 0.127 e. The van der Waals surface area contributed by atoms with Crippen LogP contribution in [0.25, 0.3) is 10.2 Å². The van der Waals surface area contributed by atoms with Crippen molar-refractivity contribution in [3.05, 3.63) is 64.9 Å². The largest absolute Gasteiger partial charge is 0.259 e. The lowest BCUT2D eigenvalue weighted by Gasteiger charge is -2.01. The van der Waals surface area contributed by atoms with Gasteiger partial charge in [0.2, 0.25) is 0 Å². The van der Waals surface area contributed by atoms with Crippen molar-refractivity contribution in [2.75, 3.05) is 0 Å². The van der Waals surface area contributed by atoms with Crippen LogP contribution in [0.5, 0.6) is 0 Å². The van der Waals surface area contributed by atoms with Gasteiger partial charge in [-0.1, -0.05) is 30.3 Å². The molecule has 1 aromatic heterocycles. The van der Waals surface area contributed by atoms with E-state index in [0.29, 0.717) is 11.3 Å². The number of fused-ring (bicyclic) bond motifs is 1. The van der Waals surface area contributed by atoms with Crippen LogP contribution in [0.1, 0.15) is 10.6 Å². The predicted octanol–water partition coefficient (Wildman–Crippen LogP) is 3.88. The van der Waals surface area contributed by atoms with E-state index in [2.05, 4.69) is 4.98 Å². The zero-order chi connectivity index (χ0) is 13.9. The molecule has 0 saturated heterocycles. The Morgan fingerprint density at radius 1 is 1.05 bits per heavy atom. The molecule has 20 heavy (non-hydrogen) atoms. The lowest BCUT2D eigenvalue weighted by atomic mass is 10.2. The molecule has 2 aromatic carbocycles.